The Labute approximate surface area is 118 Å². The van der Waals surface area contributed by atoms with E-state index >= 15 is 0 Å². The molecule has 0 aromatic carbocycles. The average molecular weight is 272 g/mol. The van der Waals surface area contributed by atoms with E-state index in [1.165, 1.54) is 32.2 Å². The van der Waals surface area contributed by atoms with E-state index in [9.17, 15) is 0 Å². The lowest BCUT2D eigenvalue weighted by molar-refractivity contribution is 0.115. The van der Waals surface area contributed by atoms with Crippen LogP contribution in [0, 0.1) is 5.92 Å². The van der Waals surface area contributed by atoms with Crippen molar-refractivity contribution >= 4 is 0 Å². The Kier molecular flexibility index (Phi) is 9.43. The van der Waals surface area contributed by atoms with Gasteiger partial charge in [-0.15, -0.1) is 0 Å². The van der Waals surface area contributed by atoms with Crippen molar-refractivity contribution in [2.75, 3.05) is 53.6 Å². The molecule has 0 aromatic heterocycles. The van der Waals surface area contributed by atoms with Crippen LogP contribution in [0.3, 0.4) is 0 Å². The zero-order valence-corrected chi connectivity index (χ0v) is 13.0. The quantitative estimate of drug-likeness (QED) is 0.518. The summed E-state index contributed by atoms with van der Waals surface area (Å²) in [6.45, 7) is 8.37. The minimum atomic E-state index is 0.733. The average Bonchev–Trinajstić information content (AvgIpc) is 3.25. The summed E-state index contributed by atoms with van der Waals surface area (Å²) >= 11 is 0. The highest BCUT2D eigenvalue weighted by molar-refractivity contribution is 4.85. The third-order valence-corrected chi connectivity index (χ3v) is 3.99. The van der Waals surface area contributed by atoms with Crippen LogP contribution in [0.2, 0.25) is 0 Å². The Morgan fingerprint density at radius 2 is 1.79 bits per heavy atom. The molecule has 114 valence electrons. The first-order valence-corrected chi connectivity index (χ1v) is 7.72. The second kappa shape index (κ2) is 10.6. The molecular formula is C15H32N2O2. The molecule has 0 bridgehead atoms. The maximum Gasteiger partial charge on any atom is 0.0589 e. The van der Waals surface area contributed by atoms with Gasteiger partial charge in [0.2, 0.25) is 0 Å². The Morgan fingerprint density at radius 3 is 2.42 bits per heavy atom. The fourth-order valence-corrected chi connectivity index (χ4v) is 2.47. The highest BCUT2D eigenvalue weighted by Gasteiger charge is 2.31. The molecule has 0 heterocycles. The van der Waals surface area contributed by atoms with Crippen LogP contribution in [0.1, 0.15) is 32.6 Å². The van der Waals surface area contributed by atoms with Gasteiger partial charge in [-0.2, -0.15) is 0 Å². The SMILES string of the molecule is COCCNCCCCN(CCOC)C(C)C1CC1. The molecule has 4 heteroatoms. The predicted octanol–water partition coefficient (Wildman–Crippen LogP) is 1.75. The number of methoxy groups -OCH3 is 2. The zero-order chi connectivity index (χ0) is 13.9. The molecular weight excluding hydrogens is 240 g/mol. The van der Waals surface area contributed by atoms with Gasteiger partial charge in [0.25, 0.3) is 0 Å². The van der Waals surface area contributed by atoms with E-state index in [0.29, 0.717) is 0 Å². The molecule has 1 N–H and O–H groups in total. The van der Waals surface area contributed by atoms with Crippen LogP contribution in [0.25, 0.3) is 0 Å². The molecule has 0 aromatic rings. The predicted molar refractivity (Wildman–Crippen MR) is 79.6 cm³/mol. The number of hydrogen-bond donors (Lipinski definition) is 1. The highest BCUT2D eigenvalue weighted by Crippen LogP contribution is 2.35. The minimum Gasteiger partial charge on any atom is -0.383 e. The van der Waals surface area contributed by atoms with Crippen molar-refractivity contribution in [3.63, 3.8) is 0 Å². The molecule has 1 atom stereocenters. The van der Waals surface area contributed by atoms with E-state index in [0.717, 1.165) is 44.8 Å². The summed E-state index contributed by atoms with van der Waals surface area (Å²) in [4.78, 5) is 2.61. The van der Waals surface area contributed by atoms with Crippen molar-refractivity contribution < 1.29 is 9.47 Å². The fourth-order valence-electron chi connectivity index (χ4n) is 2.47. The van der Waals surface area contributed by atoms with Crippen LogP contribution in [0.15, 0.2) is 0 Å². The smallest absolute Gasteiger partial charge is 0.0589 e. The molecule has 4 nitrogen and oxygen atoms in total. The second-order valence-corrected chi connectivity index (χ2v) is 5.56. The molecule has 0 spiro atoms. The normalized spacial score (nSPS) is 17.1. The minimum absolute atomic E-state index is 0.733. The Hall–Kier alpha value is -0.160. The monoisotopic (exact) mass is 272 g/mol. The number of nitrogens with one attached hydrogen (secondary N) is 1. The molecule has 1 aliphatic carbocycles. The number of rotatable bonds is 13. The third-order valence-electron chi connectivity index (χ3n) is 3.99. The van der Waals surface area contributed by atoms with Crippen LogP contribution < -0.4 is 5.32 Å². The number of hydrogen-bond acceptors (Lipinski definition) is 4. The summed E-state index contributed by atoms with van der Waals surface area (Å²) < 4.78 is 10.2. The summed E-state index contributed by atoms with van der Waals surface area (Å²) in [6, 6.07) is 0.733. The standard InChI is InChI=1S/C15H32N2O2/c1-14(15-6-7-15)17(11-13-19-3)10-5-4-8-16-9-12-18-2/h14-16H,4-13H2,1-3H3. The summed E-state index contributed by atoms with van der Waals surface area (Å²) in [5, 5.41) is 3.40. The van der Waals surface area contributed by atoms with Gasteiger partial charge in [-0.1, -0.05) is 0 Å². The van der Waals surface area contributed by atoms with Gasteiger partial charge in [0.15, 0.2) is 0 Å². The summed E-state index contributed by atoms with van der Waals surface area (Å²) in [5.41, 5.74) is 0. The third kappa shape index (κ3) is 7.88. The first kappa shape index (κ1) is 16.9. The summed E-state index contributed by atoms with van der Waals surface area (Å²) in [7, 11) is 3.54. The Morgan fingerprint density at radius 1 is 1.05 bits per heavy atom. The fraction of sp³-hybridized carbons (Fsp3) is 1.00. The van der Waals surface area contributed by atoms with Crippen molar-refractivity contribution in [3.8, 4) is 0 Å². The van der Waals surface area contributed by atoms with E-state index < -0.39 is 0 Å². The topological polar surface area (TPSA) is 33.7 Å². The first-order chi connectivity index (χ1) is 9.29. The van der Waals surface area contributed by atoms with Crippen molar-refractivity contribution in [2.45, 2.75) is 38.6 Å². The number of ether oxygens (including phenoxy) is 2. The van der Waals surface area contributed by atoms with Crippen LogP contribution in [-0.4, -0.2) is 64.6 Å². The first-order valence-electron chi connectivity index (χ1n) is 7.72. The molecule has 1 fully saturated rings. The molecule has 1 rings (SSSR count). The van der Waals surface area contributed by atoms with Crippen molar-refractivity contribution in [1.82, 2.24) is 10.2 Å². The van der Waals surface area contributed by atoms with Gasteiger partial charge in [0.05, 0.1) is 13.2 Å². The molecule has 1 unspecified atom stereocenters. The van der Waals surface area contributed by atoms with E-state index in [1.54, 1.807) is 14.2 Å². The van der Waals surface area contributed by atoms with E-state index in [1.807, 2.05) is 0 Å². The van der Waals surface area contributed by atoms with Gasteiger partial charge in [-0.25, -0.2) is 0 Å². The Balaban J connectivity index is 2.06. The maximum absolute atomic E-state index is 5.23. The Bertz CT molecular complexity index is 210. The van der Waals surface area contributed by atoms with Crippen LogP contribution >= 0.6 is 0 Å². The molecule has 1 saturated carbocycles. The summed E-state index contributed by atoms with van der Waals surface area (Å²) in [6.07, 6.45) is 5.35. The molecule has 0 amide bonds. The van der Waals surface area contributed by atoms with E-state index in [2.05, 4.69) is 17.1 Å². The van der Waals surface area contributed by atoms with E-state index in [-0.39, 0.29) is 0 Å². The van der Waals surface area contributed by atoms with Gasteiger partial charge in [0.1, 0.15) is 0 Å². The molecule has 19 heavy (non-hydrogen) atoms. The van der Waals surface area contributed by atoms with Crippen molar-refractivity contribution in [3.05, 3.63) is 0 Å². The van der Waals surface area contributed by atoms with Crippen LogP contribution in [-0.2, 0) is 9.47 Å². The lowest BCUT2D eigenvalue weighted by Gasteiger charge is -2.29. The lowest BCUT2D eigenvalue weighted by Crippen LogP contribution is -2.38. The van der Waals surface area contributed by atoms with Gasteiger partial charge in [-0.3, -0.25) is 4.90 Å². The van der Waals surface area contributed by atoms with Gasteiger partial charge in [-0.05, 0) is 51.6 Å². The van der Waals surface area contributed by atoms with Gasteiger partial charge in [0, 0.05) is 33.4 Å². The largest absolute Gasteiger partial charge is 0.383 e. The van der Waals surface area contributed by atoms with Gasteiger partial charge < -0.3 is 14.8 Å². The van der Waals surface area contributed by atoms with Crippen molar-refractivity contribution in [1.29, 1.82) is 0 Å². The number of unbranched alkanes of at least 4 members (excludes halogenated alkanes) is 1. The van der Waals surface area contributed by atoms with Crippen LogP contribution in [0.4, 0.5) is 0 Å². The second-order valence-electron chi connectivity index (χ2n) is 5.56. The highest BCUT2D eigenvalue weighted by atomic mass is 16.5. The number of nitrogens with zero attached hydrogens (tertiary/aromatic N) is 1. The van der Waals surface area contributed by atoms with Crippen molar-refractivity contribution in [2.24, 2.45) is 5.92 Å². The van der Waals surface area contributed by atoms with Crippen LogP contribution in [0.5, 0.6) is 0 Å². The van der Waals surface area contributed by atoms with E-state index in [4.69, 9.17) is 9.47 Å². The molecule has 1 aliphatic rings. The molecule has 0 radical (unpaired) electrons. The molecule has 0 aliphatic heterocycles. The molecule has 0 saturated heterocycles. The lowest BCUT2D eigenvalue weighted by atomic mass is 10.1. The zero-order valence-electron chi connectivity index (χ0n) is 13.0. The summed E-state index contributed by atoms with van der Waals surface area (Å²) in [5.74, 6) is 0.941. The van der Waals surface area contributed by atoms with Gasteiger partial charge >= 0.3 is 0 Å². The maximum atomic E-state index is 5.23.